The van der Waals surface area contributed by atoms with Gasteiger partial charge >= 0.3 is 5.91 Å². The number of aliphatic hydroxyl groups excluding tert-OH is 1. The van der Waals surface area contributed by atoms with Gasteiger partial charge in [0.2, 0.25) is 0 Å². The number of fused-ring (bicyclic) bond motifs is 1. The Morgan fingerprint density at radius 1 is 0.923 bits per heavy atom. The SMILES string of the molecule is COc1ccc2nc(N3C(=O)C(=O)C(=C(O)c4ccc(OC)c(C)c4)[C@H]3c3cccc(OC)c3OC)sc2c1. The van der Waals surface area contributed by atoms with E-state index in [4.69, 9.17) is 18.9 Å². The molecule has 4 aromatic rings. The maximum absolute atomic E-state index is 13.6. The van der Waals surface area contributed by atoms with Gasteiger partial charge in [0.1, 0.15) is 23.3 Å². The Morgan fingerprint density at radius 3 is 2.36 bits per heavy atom. The number of ether oxygens (including phenoxy) is 4. The third kappa shape index (κ3) is 4.32. The number of methoxy groups -OCH3 is 4. The number of hydrogen-bond acceptors (Lipinski definition) is 9. The molecule has 0 saturated carbocycles. The van der Waals surface area contributed by atoms with Crippen LogP contribution in [0, 0.1) is 6.92 Å². The number of aryl methyl sites for hydroxylation is 1. The third-order valence-electron chi connectivity index (χ3n) is 6.63. The number of aliphatic hydroxyl groups is 1. The topological polar surface area (TPSA) is 107 Å². The van der Waals surface area contributed by atoms with Gasteiger partial charge in [-0.1, -0.05) is 23.5 Å². The number of amides is 1. The van der Waals surface area contributed by atoms with E-state index in [1.807, 2.05) is 13.0 Å². The summed E-state index contributed by atoms with van der Waals surface area (Å²) in [6, 6.07) is 14.5. The Morgan fingerprint density at radius 2 is 1.69 bits per heavy atom. The highest BCUT2D eigenvalue weighted by molar-refractivity contribution is 7.22. The second kappa shape index (κ2) is 10.3. The van der Waals surface area contributed by atoms with Gasteiger partial charge in [-0.2, -0.15) is 0 Å². The lowest BCUT2D eigenvalue weighted by atomic mass is 9.94. The Bertz CT molecular complexity index is 1640. The van der Waals surface area contributed by atoms with E-state index in [2.05, 4.69) is 4.98 Å². The van der Waals surface area contributed by atoms with Crippen molar-refractivity contribution in [3.63, 3.8) is 0 Å². The summed E-state index contributed by atoms with van der Waals surface area (Å²) in [4.78, 5) is 33.2. The summed E-state index contributed by atoms with van der Waals surface area (Å²) in [6.07, 6.45) is 0. The second-order valence-electron chi connectivity index (χ2n) is 8.77. The zero-order chi connectivity index (χ0) is 27.8. The summed E-state index contributed by atoms with van der Waals surface area (Å²) in [6.45, 7) is 1.83. The monoisotopic (exact) mass is 546 g/mol. The number of ketones is 1. The molecule has 1 aliphatic heterocycles. The standard InChI is InChI=1S/C29H26N2O7S/c1-15-13-16(9-12-20(15)36-3)25(32)23-24(18-7-6-8-21(37-4)27(18)38-5)31(28(34)26(23)33)29-30-19-11-10-17(35-2)14-22(19)39-29/h6-14,24,32H,1-5H3/t24-/m1/s1. The lowest BCUT2D eigenvalue weighted by Crippen LogP contribution is -2.29. The quantitative estimate of drug-likeness (QED) is 0.190. The number of carbonyl (C=O) groups excluding carboxylic acids is 2. The van der Waals surface area contributed by atoms with E-state index in [0.717, 1.165) is 10.3 Å². The zero-order valence-corrected chi connectivity index (χ0v) is 22.8. The van der Waals surface area contributed by atoms with Crippen LogP contribution in [0.1, 0.15) is 22.7 Å². The van der Waals surface area contributed by atoms with Gasteiger partial charge in [0.15, 0.2) is 16.6 Å². The van der Waals surface area contributed by atoms with Crippen LogP contribution in [0.3, 0.4) is 0 Å². The molecule has 0 bridgehead atoms. The lowest BCUT2D eigenvalue weighted by molar-refractivity contribution is -0.132. The molecule has 39 heavy (non-hydrogen) atoms. The van der Waals surface area contributed by atoms with Crippen LogP contribution in [0.4, 0.5) is 5.13 Å². The number of aromatic nitrogens is 1. The average molecular weight is 547 g/mol. The minimum absolute atomic E-state index is 0.0899. The van der Waals surface area contributed by atoms with Crippen LogP contribution in [0.25, 0.3) is 16.0 Å². The number of hydrogen-bond donors (Lipinski definition) is 1. The number of carbonyl (C=O) groups is 2. The molecule has 2 heterocycles. The first-order valence-electron chi connectivity index (χ1n) is 11.9. The Kier molecular flexibility index (Phi) is 6.88. The largest absolute Gasteiger partial charge is 0.507 e. The van der Waals surface area contributed by atoms with Crippen molar-refractivity contribution in [3.05, 3.63) is 76.9 Å². The highest BCUT2D eigenvalue weighted by Crippen LogP contribution is 2.48. The fourth-order valence-electron chi connectivity index (χ4n) is 4.76. The van der Waals surface area contributed by atoms with Crippen LogP contribution >= 0.6 is 11.3 Å². The molecule has 1 fully saturated rings. The predicted octanol–water partition coefficient (Wildman–Crippen LogP) is 5.27. The fourth-order valence-corrected chi connectivity index (χ4v) is 5.78. The molecule has 0 unspecified atom stereocenters. The molecule has 3 aromatic carbocycles. The van der Waals surface area contributed by atoms with Gasteiger partial charge in [-0.15, -0.1) is 0 Å². The molecule has 5 rings (SSSR count). The number of Topliss-reactive ketones (excluding diaryl/α,β-unsaturated/α-hetero) is 1. The molecule has 0 aliphatic carbocycles. The maximum atomic E-state index is 13.6. The van der Waals surface area contributed by atoms with Gasteiger partial charge in [0, 0.05) is 11.1 Å². The summed E-state index contributed by atoms with van der Waals surface area (Å²) in [5, 5.41) is 11.8. The van der Waals surface area contributed by atoms with Crippen molar-refractivity contribution in [3.8, 4) is 23.0 Å². The van der Waals surface area contributed by atoms with Crippen molar-refractivity contribution >= 4 is 44.1 Å². The second-order valence-corrected chi connectivity index (χ2v) is 9.78. The summed E-state index contributed by atoms with van der Waals surface area (Å²) in [5.41, 5.74) is 2.13. The molecule has 1 aliphatic rings. The van der Waals surface area contributed by atoms with Crippen LogP contribution in [-0.2, 0) is 9.59 Å². The molecule has 0 radical (unpaired) electrons. The van der Waals surface area contributed by atoms with Crippen LogP contribution < -0.4 is 23.8 Å². The molecule has 1 N–H and O–H groups in total. The summed E-state index contributed by atoms with van der Waals surface area (Å²) < 4.78 is 22.6. The third-order valence-corrected chi connectivity index (χ3v) is 7.65. The van der Waals surface area contributed by atoms with E-state index in [1.165, 1.54) is 30.5 Å². The molecule has 1 saturated heterocycles. The molecule has 1 aromatic heterocycles. The molecular formula is C29H26N2O7S. The first-order chi connectivity index (χ1) is 18.8. The Balaban J connectivity index is 1.77. The first kappa shape index (κ1) is 26.1. The average Bonchev–Trinajstić information content (AvgIpc) is 3.49. The van der Waals surface area contributed by atoms with E-state index >= 15 is 0 Å². The van der Waals surface area contributed by atoms with Gasteiger partial charge in [-0.25, -0.2) is 4.98 Å². The minimum Gasteiger partial charge on any atom is -0.507 e. The number of thiazole rings is 1. The summed E-state index contributed by atoms with van der Waals surface area (Å²) >= 11 is 1.24. The van der Waals surface area contributed by atoms with E-state index in [1.54, 1.807) is 62.8 Å². The van der Waals surface area contributed by atoms with Crippen LogP contribution in [0.5, 0.6) is 23.0 Å². The number of para-hydroxylation sites is 1. The Hall–Kier alpha value is -4.57. The van der Waals surface area contributed by atoms with E-state index in [9.17, 15) is 14.7 Å². The highest BCUT2D eigenvalue weighted by atomic mass is 32.1. The van der Waals surface area contributed by atoms with Crippen LogP contribution in [-0.4, -0.2) is 50.2 Å². The summed E-state index contributed by atoms with van der Waals surface area (Å²) in [7, 11) is 6.09. The van der Waals surface area contributed by atoms with Crippen LogP contribution in [0.2, 0.25) is 0 Å². The van der Waals surface area contributed by atoms with Crippen molar-refractivity contribution in [2.75, 3.05) is 33.3 Å². The lowest BCUT2D eigenvalue weighted by Gasteiger charge is -2.25. The molecule has 10 heteroatoms. The number of rotatable bonds is 7. The van der Waals surface area contributed by atoms with E-state index in [-0.39, 0.29) is 11.3 Å². The highest BCUT2D eigenvalue weighted by Gasteiger charge is 2.49. The molecule has 9 nitrogen and oxygen atoms in total. The van der Waals surface area contributed by atoms with Gasteiger partial charge in [0.25, 0.3) is 5.78 Å². The number of nitrogens with zero attached hydrogens (tertiary/aromatic N) is 2. The fraction of sp³-hybridized carbons (Fsp3) is 0.207. The van der Waals surface area contributed by atoms with Crippen LogP contribution in [0.15, 0.2) is 60.2 Å². The van der Waals surface area contributed by atoms with Crippen molar-refractivity contribution in [2.24, 2.45) is 0 Å². The normalized spacial score (nSPS) is 16.5. The van der Waals surface area contributed by atoms with E-state index < -0.39 is 17.7 Å². The van der Waals surface area contributed by atoms with Crippen molar-refractivity contribution in [1.29, 1.82) is 0 Å². The van der Waals surface area contributed by atoms with Gasteiger partial charge in [0.05, 0.1) is 44.2 Å². The van der Waals surface area contributed by atoms with Crippen molar-refractivity contribution < 1.29 is 33.6 Å². The zero-order valence-electron chi connectivity index (χ0n) is 22.0. The number of anilines is 1. The summed E-state index contributed by atoms with van der Waals surface area (Å²) in [5.74, 6) is 0.0320. The molecule has 0 spiro atoms. The Labute approximate surface area is 228 Å². The molecular weight excluding hydrogens is 520 g/mol. The molecule has 200 valence electrons. The predicted molar refractivity (Wildman–Crippen MR) is 148 cm³/mol. The molecule has 1 amide bonds. The number of benzene rings is 3. The first-order valence-corrected chi connectivity index (χ1v) is 12.8. The maximum Gasteiger partial charge on any atom is 0.301 e. The van der Waals surface area contributed by atoms with E-state index in [0.29, 0.717) is 44.8 Å². The van der Waals surface area contributed by atoms with Gasteiger partial charge < -0.3 is 24.1 Å². The van der Waals surface area contributed by atoms with Gasteiger partial charge in [-0.05, 0) is 55.0 Å². The smallest absolute Gasteiger partial charge is 0.301 e. The van der Waals surface area contributed by atoms with Crippen molar-refractivity contribution in [2.45, 2.75) is 13.0 Å². The van der Waals surface area contributed by atoms with Crippen molar-refractivity contribution in [1.82, 2.24) is 4.98 Å². The molecule has 1 atom stereocenters. The minimum atomic E-state index is -1.04. The van der Waals surface area contributed by atoms with Gasteiger partial charge in [-0.3, -0.25) is 14.5 Å².